The first-order valence-electron chi connectivity index (χ1n) is 8.73. The van der Waals surface area contributed by atoms with Gasteiger partial charge in [0, 0.05) is 23.2 Å². The normalized spacial score (nSPS) is 10.6. The lowest BCUT2D eigenvalue weighted by Gasteiger charge is -2.08. The molecule has 6 nitrogen and oxygen atoms in total. The topological polar surface area (TPSA) is 84.1 Å². The van der Waals surface area contributed by atoms with E-state index in [1.807, 2.05) is 60.7 Å². The molecule has 138 valence electrons. The Morgan fingerprint density at radius 1 is 1.07 bits per heavy atom. The van der Waals surface area contributed by atoms with Crippen LogP contribution in [0, 0.1) is 6.92 Å². The van der Waals surface area contributed by atoms with E-state index in [9.17, 15) is 9.59 Å². The molecule has 2 aromatic carbocycles. The average molecular weight is 363 g/mol. The smallest absolute Gasteiger partial charge is 0.254 e. The lowest BCUT2D eigenvalue weighted by Crippen LogP contribution is -2.25. The molecule has 0 aliphatic carbocycles. The fourth-order valence-corrected chi connectivity index (χ4v) is 2.70. The lowest BCUT2D eigenvalue weighted by atomic mass is 10.1. The van der Waals surface area contributed by atoms with Gasteiger partial charge in [0.2, 0.25) is 5.91 Å². The first-order valence-corrected chi connectivity index (χ1v) is 8.73. The zero-order valence-electron chi connectivity index (χ0n) is 15.1. The van der Waals surface area contributed by atoms with Crippen LogP contribution in [-0.4, -0.2) is 15.9 Å². The number of nitrogens with one attached hydrogen (secondary N) is 2. The monoisotopic (exact) mass is 363 g/mol. The minimum atomic E-state index is -0.281. The van der Waals surface area contributed by atoms with Gasteiger partial charge in [0.15, 0.2) is 0 Å². The second-order valence-electron chi connectivity index (χ2n) is 6.14. The summed E-state index contributed by atoms with van der Waals surface area (Å²) in [5.74, 6) is 0.245. The van der Waals surface area contributed by atoms with Crippen molar-refractivity contribution < 1.29 is 9.63 Å². The highest BCUT2D eigenvalue weighted by Gasteiger charge is 2.11. The molecular formula is C21H21N3O3. The highest BCUT2D eigenvalue weighted by atomic mass is 16.6. The van der Waals surface area contributed by atoms with Crippen molar-refractivity contribution in [3.05, 3.63) is 87.8 Å². The highest BCUT2D eigenvalue weighted by molar-refractivity contribution is 5.75. The summed E-state index contributed by atoms with van der Waals surface area (Å²) in [5.41, 5.74) is 5.12. The van der Waals surface area contributed by atoms with Gasteiger partial charge in [-0.3, -0.25) is 14.4 Å². The largest absolute Gasteiger partial charge is 0.306 e. The molecule has 0 fully saturated rings. The summed E-state index contributed by atoms with van der Waals surface area (Å²) < 4.78 is 0. The molecule has 0 unspecified atom stereocenters. The van der Waals surface area contributed by atoms with Crippen molar-refractivity contribution in [2.24, 2.45) is 0 Å². The zero-order valence-corrected chi connectivity index (χ0v) is 15.1. The summed E-state index contributed by atoms with van der Waals surface area (Å²) in [4.78, 5) is 36.8. The number of aromatic amines is 1. The van der Waals surface area contributed by atoms with Gasteiger partial charge in [-0.2, -0.15) is 0 Å². The molecule has 1 aromatic heterocycles. The average Bonchev–Trinajstić information content (AvgIpc) is 2.69. The summed E-state index contributed by atoms with van der Waals surface area (Å²) in [6.45, 7) is 2.07. The first kappa shape index (κ1) is 18.5. The third-order valence-electron chi connectivity index (χ3n) is 4.14. The summed E-state index contributed by atoms with van der Waals surface area (Å²) in [7, 11) is 0. The number of amides is 1. The van der Waals surface area contributed by atoms with E-state index in [1.54, 1.807) is 6.92 Å². The van der Waals surface area contributed by atoms with Crippen molar-refractivity contribution in [2.45, 2.75) is 26.4 Å². The number of aromatic nitrogens is 2. The van der Waals surface area contributed by atoms with Gasteiger partial charge < -0.3 is 4.98 Å². The molecule has 6 heteroatoms. The van der Waals surface area contributed by atoms with E-state index in [0.29, 0.717) is 30.1 Å². The fourth-order valence-electron chi connectivity index (χ4n) is 2.70. The van der Waals surface area contributed by atoms with Crippen LogP contribution in [0.25, 0.3) is 11.4 Å². The lowest BCUT2D eigenvalue weighted by molar-refractivity contribution is -0.134. The molecule has 0 atom stereocenters. The van der Waals surface area contributed by atoms with E-state index >= 15 is 0 Å². The summed E-state index contributed by atoms with van der Waals surface area (Å²) in [6, 6.07) is 19.0. The Morgan fingerprint density at radius 2 is 1.74 bits per heavy atom. The van der Waals surface area contributed by atoms with Gasteiger partial charge in [0.25, 0.3) is 5.56 Å². The fraction of sp³-hybridized carbons (Fsp3) is 0.190. The van der Waals surface area contributed by atoms with E-state index < -0.39 is 0 Å². The molecule has 3 aromatic rings. The van der Waals surface area contributed by atoms with Gasteiger partial charge in [-0.15, -0.1) is 0 Å². The van der Waals surface area contributed by atoms with E-state index in [-0.39, 0.29) is 17.9 Å². The van der Waals surface area contributed by atoms with Crippen LogP contribution < -0.4 is 11.0 Å². The van der Waals surface area contributed by atoms with Gasteiger partial charge in [0.1, 0.15) is 5.82 Å². The number of aryl methyl sites for hydroxylation is 1. The maximum atomic E-state index is 12.4. The quantitative estimate of drug-likeness (QED) is 0.632. The van der Waals surface area contributed by atoms with Gasteiger partial charge in [-0.25, -0.2) is 10.5 Å². The van der Waals surface area contributed by atoms with Crippen LogP contribution in [0.1, 0.15) is 23.2 Å². The van der Waals surface area contributed by atoms with Crippen molar-refractivity contribution in [1.82, 2.24) is 15.4 Å². The van der Waals surface area contributed by atoms with Crippen LogP contribution in [-0.2, 0) is 22.7 Å². The van der Waals surface area contributed by atoms with Crippen LogP contribution in [0.3, 0.4) is 0 Å². The minimum Gasteiger partial charge on any atom is -0.306 e. The molecule has 0 aliphatic rings. The Labute approximate surface area is 157 Å². The van der Waals surface area contributed by atoms with Gasteiger partial charge in [-0.1, -0.05) is 60.7 Å². The van der Waals surface area contributed by atoms with E-state index in [1.165, 1.54) is 0 Å². The molecule has 0 bridgehead atoms. The second kappa shape index (κ2) is 8.91. The number of rotatable bonds is 7. The third-order valence-corrected chi connectivity index (χ3v) is 4.14. The minimum absolute atomic E-state index is 0.144. The van der Waals surface area contributed by atoms with Crippen molar-refractivity contribution >= 4 is 5.91 Å². The number of benzene rings is 2. The van der Waals surface area contributed by atoms with Gasteiger partial charge in [-0.05, 0) is 18.9 Å². The number of H-pyrrole nitrogens is 1. The summed E-state index contributed by atoms with van der Waals surface area (Å²) in [6.07, 6.45) is 0.439. The van der Waals surface area contributed by atoms with Crippen molar-refractivity contribution in [2.75, 3.05) is 0 Å². The van der Waals surface area contributed by atoms with Gasteiger partial charge in [0.05, 0.1) is 6.61 Å². The van der Waals surface area contributed by atoms with Crippen LogP contribution in [0.5, 0.6) is 0 Å². The van der Waals surface area contributed by atoms with E-state index in [0.717, 1.165) is 11.1 Å². The number of carbonyl (C=O) groups excluding carboxylic acids is 1. The maximum absolute atomic E-state index is 12.4. The molecule has 0 radical (unpaired) electrons. The number of hydrogen-bond donors (Lipinski definition) is 2. The molecular weight excluding hydrogens is 342 g/mol. The molecule has 1 amide bonds. The van der Waals surface area contributed by atoms with Crippen molar-refractivity contribution in [1.29, 1.82) is 0 Å². The summed E-state index contributed by atoms with van der Waals surface area (Å²) >= 11 is 0. The molecule has 27 heavy (non-hydrogen) atoms. The van der Waals surface area contributed by atoms with Crippen molar-refractivity contribution in [3.8, 4) is 11.4 Å². The van der Waals surface area contributed by atoms with Crippen LogP contribution in [0.2, 0.25) is 0 Å². The predicted molar refractivity (Wildman–Crippen MR) is 103 cm³/mol. The predicted octanol–water partition coefficient (Wildman–Crippen LogP) is 2.93. The molecule has 1 heterocycles. The van der Waals surface area contributed by atoms with Crippen molar-refractivity contribution in [3.63, 3.8) is 0 Å². The SMILES string of the molecule is Cc1nc(-c2ccccc2)[nH]c(=O)c1CCC(=O)NOCc1ccccc1. The molecule has 3 rings (SSSR count). The first-order chi connectivity index (χ1) is 13.1. The Kier molecular flexibility index (Phi) is 6.12. The van der Waals surface area contributed by atoms with Gasteiger partial charge >= 0.3 is 0 Å². The number of nitrogens with zero attached hydrogens (tertiary/aromatic N) is 1. The molecule has 2 N–H and O–H groups in total. The standard InChI is InChI=1S/C21H21N3O3/c1-15-18(21(26)23-20(22-15)17-10-6-3-7-11-17)12-13-19(25)24-27-14-16-8-4-2-5-9-16/h2-11H,12-14H2,1H3,(H,24,25)(H,22,23,26). The highest BCUT2D eigenvalue weighted by Crippen LogP contribution is 2.14. The molecule has 0 aliphatic heterocycles. The Bertz CT molecular complexity index is 953. The number of carbonyl (C=O) groups is 1. The zero-order chi connectivity index (χ0) is 19.1. The Hall–Kier alpha value is -3.25. The Balaban J connectivity index is 1.56. The van der Waals surface area contributed by atoms with E-state index in [2.05, 4.69) is 15.4 Å². The maximum Gasteiger partial charge on any atom is 0.254 e. The third kappa shape index (κ3) is 5.12. The molecule has 0 saturated heterocycles. The molecule has 0 saturated carbocycles. The summed E-state index contributed by atoms with van der Waals surface area (Å²) in [5, 5.41) is 0. The molecule has 0 spiro atoms. The van der Waals surface area contributed by atoms with E-state index in [4.69, 9.17) is 4.84 Å². The Morgan fingerprint density at radius 3 is 2.41 bits per heavy atom. The number of hydroxylamine groups is 1. The van der Waals surface area contributed by atoms with Crippen LogP contribution in [0.4, 0.5) is 0 Å². The van der Waals surface area contributed by atoms with Crippen LogP contribution in [0.15, 0.2) is 65.5 Å². The second-order valence-corrected chi connectivity index (χ2v) is 6.14. The number of hydrogen-bond acceptors (Lipinski definition) is 4. The van der Waals surface area contributed by atoms with Crippen LogP contribution >= 0.6 is 0 Å².